The Morgan fingerprint density at radius 1 is 1.43 bits per heavy atom. The van der Waals surface area contributed by atoms with E-state index < -0.39 is 16.9 Å². The van der Waals surface area contributed by atoms with Gasteiger partial charge in [0.15, 0.2) is 0 Å². The molecule has 1 aromatic rings. The van der Waals surface area contributed by atoms with E-state index in [2.05, 4.69) is 5.32 Å². The van der Waals surface area contributed by atoms with Crippen LogP contribution in [0.25, 0.3) is 0 Å². The Kier molecular flexibility index (Phi) is 5.65. The average Bonchev–Trinajstić information content (AvgIpc) is 2.37. The van der Waals surface area contributed by atoms with Crippen molar-refractivity contribution in [2.45, 2.75) is 19.8 Å². The van der Waals surface area contributed by atoms with E-state index in [1.54, 1.807) is 14.0 Å². The summed E-state index contributed by atoms with van der Waals surface area (Å²) in [5.74, 6) is -0.908. The number of aliphatic carboxylic acids is 1. The number of anilines is 1. The topological polar surface area (TPSA) is 113 Å². The molecule has 0 heterocycles. The highest BCUT2D eigenvalue weighted by Gasteiger charge is 2.13. The molecule has 0 spiro atoms. The number of carbonyl (C=O) groups is 2. The number of hydrogen-bond acceptors (Lipinski definition) is 4. The molecule has 0 aliphatic carbocycles. The maximum absolute atomic E-state index is 11.9. The largest absolute Gasteiger partial charge is 0.481 e. The van der Waals surface area contributed by atoms with E-state index in [0.717, 1.165) is 0 Å². The first-order valence-electron chi connectivity index (χ1n) is 6.30. The number of aryl methyl sites for hydroxylation is 1. The summed E-state index contributed by atoms with van der Waals surface area (Å²) in [5, 5.41) is 21.8. The fourth-order valence-corrected chi connectivity index (χ4v) is 1.73. The summed E-state index contributed by atoms with van der Waals surface area (Å²) >= 11 is 0. The van der Waals surface area contributed by atoms with E-state index in [-0.39, 0.29) is 12.1 Å². The van der Waals surface area contributed by atoms with Gasteiger partial charge in [0.2, 0.25) is 0 Å². The summed E-state index contributed by atoms with van der Waals surface area (Å²) in [7, 11) is 1.55. The molecule has 0 radical (unpaired) electrons. The smallest absolute Gasteiger partial charge is 0.321 e. The maximum Gasteiger partial charge on any atom is 0.321 e. The molecule has 0 bridgehead atoms. The van der Waals surface area contributed by atoms with Crippen molar-refractivity contribution < 1.29 is 19.6 Å². The van der Waals surface area contributed by atoms with Crippen LogP contribution >= 0.6 is 0 Å². The second-order valence-corrected chi connectivity index (χ2v) is 4.61. The van der Waals surface area contributed by atoms with Gasteiger partial charge in [0.25, 0.3) is 5.69 Å². The van der Waals surface area contributed by atoms with Gasteiger partial charge in [0, 0.05) is 37.3 Å². The SMILES string of the molecule is Cc1cc(NC(=O)N(C)CCCC(=O)O)ccc1[N+](=O)[O-]. The van der Waals surface area contributed by atoms with Gasteiger partial charge in [-0.2, -0.15) is 0 Å². The minimum Gasteiger partial charge on any atom is -0.481 e. The highest BCUT2D eigenvalue weighted by atomic mass is 16.6. The van der Waals surface area contributed by atoms with Crippen molar-refractivity contribution in [1.82, 2.24) is 4.90 Å². The van der Waals surface area contributed by atoms with Crippen LogP contribution in [0.15, 0.2) is 18.2 Å². The Morgan fingerprint density at radius 3 is 2.62 bits per heavy atom. The van der Waals surface area contributed by atoms with Gasteiger partial charge in [-0.1, -0.05) is 0 Å². The van der Waals surface area contributed by atoms with Crippen LogP contribution in [0.5, 0.6) is 0 Å². The molecule has 1 aromatic carbocycles. The monoisotopic (exact) mass is 295 g/mol. The van der Waals surface area contributed by atoms with Gasteiger partial charge in [0.1, 0.15) is 0 Å². The number of urea groups is 1. The van der Waals surface area contributed by atoms with Crippen molar-refractivity contribution in [1.29, 1.82) is 0 Å². The lowest BCUT2D eigenvalue weighted by Gasteiger charge is -2.17. The van der Waals surface area contributed by atoms with Crippen molar-refractivity contribution >= 4 is 23.4 Å². The van der Waals surface area contributed by atoms with Gasteiger partial charge in [-0.3, -0.25) is 14.9 Å². The standard InChI is InChI=1S/C13H17N3O5/c1-9-8-10(5-6-11(9)16(20)21)14-13(19)15(2)7-3-4-12(17)18/h5-6,8H,3-4,7H2,1-2H3,(H,14,19)(H,17,18). The second-order valence-electron chi connectivity index (χ2n) is 4.61. The molecule has 8 heteroatoms. The Balaban J connectivity index is 2.60. The minimum absolute atomic E-state index is 0.00569. The fourth-order valence-electron chi connectivity index (χ4n) is 1.73. The predicted octanol–water partition coefficient (Wildman–Crippen LogP) is 2.23. The third-order valence-corrected chi connectivity index (χ3v) is 2.88. The number of carbonyl (C=O) groups excluding carboxylic acids is 1. The van der Waals surface area contributed by atoms with E-state index >= 15 is 0 Å². The van der Waals surface area contributed by atoms with Gasteiger partial charge in [-0.05, 0) is 25.5 Å². The number of hydrogen-bond donors (Lipinski definition) is 2. The zero-order chi connectivity index (χ0) is 16.0. The number of nitrogens with one attached hydrogen (secondary N) is 1. The number of carboxylic acid groups (broad SMARTS) is 1. The first-order chi connectivity index (χ1) is 9.81. The van der Waals surface area contributed by atoms with Crippen molar-refractivity contribution in [3.8, 4) is 0 Å². The van der Waals surface area contributed by atoms with E-state index in [4.69, 9.17) is 5.11 Å². The third-order valence-electron chi connectivity index (χ3n) is 2.88. The highest BCUT2D eigenvalue weighted by Crippen LogP contribution is 2.21. The zero-order valence-electron chi connectivity index (χ0n) is 11.8. The van der Waals surface area contributed by atoms with E-state index in [1.165, 1.54) is 23.1 Å². The molecule has 21 heavy (non-hydrogen) atoms. The Morgan fingerprint density at radius 2 is 2.10 bits per heavy atom. The number of amides is 2. The number of nitro groups is 1. The van der Waals surface area contributed by atoms with Crippen LogP contribution in [-0.2, 0) is 4.79 Å². The molecule has 0 saturated heterocycles. The Bertz CT molecular complexity index is 559. The molecular weight excluding hydrogens is 278 g/mol. The van der Waals surface area contributed by atoms with Crippen LogP contribution in [0.1, 0.15) is 18.4 Å². The lowest BCUT2D eigenvalue weighted by molar-refractivity contribution is -0.385. The van der Waals surface area contributed by atoms with Crippen LogP contribution in [0.2, 0.25) is 0 Å². The number of rotatable bonds is 6. The molecule has 0 aromatic heterocycles. The van der Waals surface area contributed by atoms with E-state index in [0.29, 0.717) is 24.2 Å². The third kappa shape index (κ3) is 5.09. The van der Waals surface area contributed by atoms with E-state index in [9.17, 15) is 19.7 Å². The van der Waals surface area contributed by atoms with Crippen molar-refractivity contribution in [3.05, 3.63) is 33.9 Å². The first kappa shape index (κ1) is 16.4. The summed E-state index contributed by atoms with van der Waals surface area (Å²) in [5.41, 5.74) is 0.891. The number of nitro benzene ring substituents is 1. The minimum atomic E-state index is -0.908. The number of nitrogens with zero attached hydrogens (tertiary/aromatic N) is 2. The van der Waals surface area contributed by atoms with Crippen LogP contribution < -0.4 is 5.32 Å². The quantitative estimate of drug-likeness (QED) is 0.617. The number of carboxylic acids is 1. The highest BCUT2D eigenvalue weighted by molar-refractivity contribution is 5.89. The van der Waals surface area contributed by atoms with E-state index in [1.807, 2.05) is 0 Å². The molecule has 2 N–H and O–H groups in total. The lowest BCUT2D eigenvalue weighted by atomic mass is 10.2. The molecule has 0 aliphatic rings. The van der Waals surface area contributed by atoms with Gasteiger partial charge in [0.05, 0.1) is 4.92 Å². The predicted molar refractivity (Wildman–Crippen MR) is 76.4 cm³/mol. The van der Waals surface area contributed by atoms with Crippen LogP contribution in [0.4, 0.5) is 16.2 Å². The average molecular weight is 295 g/mol. The van der Waals surface area contributed by atoms with Crippen LogP contribution in [0.3, 0.4) is 0 Å². The molecular formula is C13H17N3O5. The summed E-state index contributed by atoms with van der Waals surface area (Å²) in [6.45, 7) is 1.90. The maximum atomic E-state index is 11.9. The molecule has 114 valence electrons. The number of benzene rings is 1. The van der Waals surface area contributed by atoms with Gasteiger partial charge < -0.3 is 15.3 Å². The molecule has 8 nitrogen and oxygen atoms in total. The van der Waals surface area contributed by atoms with Crippen LogP contribution in [0, 0.1) is 17.0 Å². The van der Waals surface area contributed by atoms with Crippen LogP contribution in [-0.4, -0.2) is 40.5 Å². The van der Waals surface area contributed by atoms with Gasteiger partial charge in [-0.25, -0.2) is 4.79 Å². The molecule has 0 atom stereocenters. The first-order valence-corrected chi connectivity index (χ1v) is 6.30. The summed E-state index contributed by atoms with van der Waals surface area (Å²) in [6.07, 6.45) is 0.354. The van der Waals surface area contributed by atoms with Gasteiger partial charge >= 0.3 is 12.0 Å². The second kappa shape index (κ2) is 7.22. The van der Waals surface area contributed by atoms with Crippen molar-refractivity contribution in [3.63, 3.8) is 0 Å². The lowest BCUT2D eigenvalue weighted by Crippen LogP contribution is -2.32. The Hall–Kier alpha value is -2.64. The summed E-state index contributed by atoms with van der Waals surface area (Å²) in [6, 6.07) is 3.90. The zero-order valence-corrected chi connectivity index (χ0v) is 11.8. The molecule has 0 fully saturated rings. The summed E-state index contributed by atoms with van der Waals surface area (Å²) in [4.78, 5) is 33.8. The normalized spacial score (nSPS) is 10.0. The Labute approximate surface area is 121 Å². The summed E-state index contributed by atoms with van der Waals surface area (Å²) < 4.78 is 0. The molecule has 0 unspecified atom stereocenters. The fraction of sp³-hybridized carbons (Fsp3) is 0.385. The molecule has 2 amide bonds. The molecule has 0 aliphatic heterocycles. The van der Waals surface area contributed by atoms with Crippen molar-refractivity contribution in [2.75, 3.05) is 18.9 Å². The van der Waals surface area contributed by atoms with Crippen molar-refractivity contribution in [2.24, 2.45) is 0 Å². The molecule has 0 saturated carbocycles. The molecule has 1 rings (SSSR count). The van der Waals surface area contributed by atoms with Gasteiger partial charge in [-0.15, -0.1) is 0 Å².